The lowest BCUT2D eigenvalue weighted by Crippen LogP contribution is -2.59. The van der Waals surface area contributed by atoms with E-state index in [1.807, 2.05) is 0 Å². The zero-order valence-electron chi connectivity index (χ0n) is 22.4. The van der Waals surface area contributed by atoms with Gasteiger partial charge in [-0.05, 0) is 26.0 Å². The van der Waals surface area contributed by atoms with Gasteiger partial charge in [0.2, 0.25) is 5.91 Å². The number of likely N-dealkylation sites (tertiary alicyclic amines) is 1. The standard InChI is InChI=1S/C24H21F10N7O3/c1-9-11(16-4-13(22(26,27)28)18-19(35)36-8-37-41(16)18)3-12(10(2)38-9)20(43)39-15-7-40(6-14(15)25)17(42)5-21(44,23(29,30)31)24(32,33)34/h3-4,8,14-15,44H,5-7H2,1-2H3,(H,39,43)(H2,35,36,37)/t14-,15+/m0/s1. The van der Waals surface area contributed by atoms with Crippen molar-refractivity contribution in [2.24, 2.45) is 0 Å². The van der Waals surface area contributed by atoms with E-state index in [-0.39, 0.29) is 28.2 Å². The lowest BCUT2D eigenvalue weighted by atomic mass is 9.97. The molecule has 3 aromatic heterocycles. The third-order valence-electron chi connectivity index (χ3n) is 7.08. The number of alkyl halides is 10. The molecule has 1 aliphatic rings. The molecule has 4 N–H and O–H groups in total. The summed E-state index contributed by atoms with van der Waals surface area (Å²) in [7, 11) is 0. The molecule has 10 nitrogen and oxygen atoms in total. The van der Waals surface area contributed by atoms with Crippen LogP contribution in [0.15, 0.2) is 18.5 Å². The average molecular weight is 645 g/mol. The third-order valence-corrected chi connectivity index (χ3v) is 7.08. The van der Waals surface area contributed by atoms with Gasteiger partial charge in [0.15, 0.2) is 5.82 Å². The highest BCUT2D eigenvalue weighted by atomic mass is 19.4. The van der Waals surface area contributed by atoms with Crippen LogP contribution < -0.4 is 11.1 Å². The molecule has 4 heterocycles. The number of amides is 2. The second-order valence-corrected chi connectivity index (χ2v) is 10.0. The molecular formula is C24H21F10N7O3. The zero-order chi connectivity index (χ0) is 33.2. The Kier molecular flexibility index (Phi) is 7.97. The summed E-state index contributed by atoms with van der Waals surface area (Å²) in [5.74, 6) is -3.43. The molecule has 0 radical (unpaired) electrons. The smallest absolute Gasteiger partial charge is 0.382 e. The van der Waals surface area contributed by atoms with Gasteiger partial charge in [0.05, 0.1) is 41.5 Å². The van der Waals surface area contributed by atoms with Gasteiger partial charge in [-0.15, -0.1) is 0 Å². The van der Waals surface area contributed by atoms with Gasteiger partial charge in [0, 0.05) is 17.8 Å². The van der Waals surface area contributed by atoms with Crippen LogP contribution in [0.5, 0.6) is 0 Å². The summed E-state index contributed by atoms with van der Waals surface area (Å²) in [4.78, 5) is 33.4. The van der Waals surface area contributed by atoms with Crippen molar-refractivity contribution in [1.29, 1.82) is 0 Å². The Bertz CT molecular complexity index is 1600. The number of nitrogen functional groups attached to an aromatic ring is 1. The molecular weight excluding hydrogens is 624 g/mol. The van der Waals surface area contributed by atoms with Crippen molar-refractivity contribution in [3.05, 3.63) is 41.0 Å². The minimum absolute atomic E-state index is 0.0246. The molecule has 20 heteroatoms. The molecule has 0 aromatic carbocycles. The molecule has 4 rings (SSSR count). The fourth-order valence-electron chi connectivity index (χ4n) is 4.73. The van der Waals surface area contributed by atoms with Crippen molar-refractivity contribution in [2.45, 2.75) is 56.6 Å². The predicted octanol–water partition coefficient (Wildman–Crippen LogP) is 3.53. The average Bonchev–Trinajstić information content (AvgIpc) is 3.44. The first-order valence-corrected chi connectivity index (χ1v) is 12.3. The SMILES string of the molecule is Cc1nc(C)c(-c2cc(C(F)(F)F)c3c(N)ncnn23)cc1C(=O)N[C@@H]1CN(C(=O)CC(O)(C(F)(F)F)C(F)(F)F)C[C@@H]1F. The highest BCUT2D eigenvalue weighted by Gasteiger charge is 2.71. The topological polar surface area (TPSA) is 139 Å². The summed E-state index contributed by atoms with van der Waals surface area (Å²) in [6.07, 6.45) is -21.2. The Morgan fingerprint density at radius 3 is 2.20 bits per heavy atom. The molecule has 2 amide bonds. The molecule has 0 aliphatic carbocycles. The minimum atomic E-state index is -6.28. The van der Waals surface area contributed by atoms with Crippen LogP contribution in [0.2, 0.25) is 0 Å². The number of carbonyl (C=O) groups is 2. The van der Waals surface area contributed by atoms with E-state index in [9.17, 15) is 58.6 Å². The van der Waals surface area contributed by atoms with Crippen LogP contribution in [0.4, 0.5) is 49.7 Å². The second kappa shape index (κ2) is 10.7. The Balaban J connectivity index is 1.61. The maximum atomic E-state index is 14.7. The monoisotopic (exact) mass is 645 g/mol. The number of nitrogens with one attached hydrogen (secondary N) is 1. The minimum Gasteiger partial charge on any atom is -0.382 e. The highest BCUT2D eigenvalue weighted by molar-refractivity contribution is 5.97. The lowest BCUT2D eigenvalue weighted by Gasteiger charge is -2.32. The maximum Gasteiger partial charge on any atom is 0.426 e. The largest absolute Gasteiger partial charge is 0.426 e. The molecule has 0 spiro atoms. The summed E-state index contributed by atoms with van der Waals surface area (Å²) in [6.45, 7) is 0.915. The number of fused-ring (bicyclic) bond motifs is 1. The number of anilines is 1. The van der Waals surface area contributed by atoms with E-state index < -0.39 is 84.6 Å². The molecule has 44 heavy (non-hydrogen) atoms. The number of carbonyl (C=O) groups excluding carboxylic acids is 2. The lowest BCUT2D eigenvalue weighted by molar-refractivity contribution is -0.367. The van der Waals surface area contributed by atoms with Gasteiger partial charge in [-0.2, -0.15) is 44.6 Å². The van der Waals surface area contributed by atoms with Crippen LogP contribution in [0.25, 0.3) is 16.8 Å². The molecule has 1 saturated heterocycles. The second-order valence-electron chi connectivity index (χ2n) is 10.0. The number of aromatic nitrogens is 4. The van der Waals surface area contributed by atoms with Crippen molar-refractivity contribution < 1.29 is 58.6 Å². The summed E-state index contributed by atoms with van der Waals surface area (Å²) in [6, 6.07) is 0.229. The number of nitrogens with zero attached hydrogens (tertiary/aromatic N) is 5. The van der Waals surface area contributed by atoms with Gasteiger partial charge in [-0.25, -0.2) is 13.9 Å². The molecule has 0 bridgehead atoms. The first-order valence-electron chi connectivity index (χ1n) is 12.3. The Morgan fingerprint density at radius 1 is 1.02 bits per heavy atom. The molecule has 0 saturated carbocycles. The van der Waals surface area contributed by atoms with Gasteiger partial charge in [0.25, 0.3) is 11.5 Å². The number of aliphatic hydroxyl groups is 1. The first-order chi connectivity index (χ1) is 20.1. The van der Waals surface area contributed by atoms with Crippen LogP contribution in [0.3, 0.4) is 0 Å². The Labute approximate surface area is 239 Å². The number of halogens is 10. The van der Waals surface area contributed by atoms with Crippen molar-refractivity contribution >= 4 is 23.1 Å². The highest BCUT2D eigenvalue weighted by Crippen LogP contribution is 2.46. The number of pyridine rings is 1. The molecule has 1 aliphatic heterocycles. The third kappa shape index (κ3) is 5.69. The molecule has 240 valence electrons. The number of aryl methyl sites for hydroxylation is 2. The van der Waals surface area contributed by atoms with E-state index in [0.717, 1.165) is 16.9 Å². The van der Waals surface area contributed by atoms with Crippen LogP contribution in [-0.2, 0) is 11.0 Å². The normalized spacial score (nSPS) is 18.2. The van der Waals surface area contributed by atoms with E-state index in [1.54, 1.807) is 0 Å². The summed E-state index contributed by atoms with van der Waals surface area (Å²) < 4.78 is 135. The number of rotatable bonds is 5. The molecule has 0 unspecified atom stereocenters. The van der Waals surface area contributed by atoms with E-state index >= 15 is 0 Å². The molecule has 2 atom stereocenters. The Morgan fingerprint density at radius 2 is 1.64 bits per heavy atom. The van der Waals surface area contributed by atoms with Gasteiger partial charge in [0.1, 0.15) is 18.0 Å². The van der Waals surface area contributed by atoms with E-state index in [1.165, 1.54) is 13.8 Å². The van der Waals surface area contributed by atoms with Gasteiger partial charge < -0.3 is 21.1 Å². The van der Waals surface area contributed by atoms with Crippen LogP contribution >= 0.6 is 0 Å². The van der Waals surface area contributed by atoms with E-state index in [4.69, 9.17) is 5.73 Å². The molecule has 1 fully saturated rings. The zero-order valence-corrected chi connectivity index (χ0v) is 22.4. The number of hydrogen-bond donors (Lipinski definition) is 3. The van der Waals surface area contributed by atoms with Crippen molar-refractivity contribution in [2.75, 3.05) is 18.8 Å². The van der Waals surface area contributed by atoms with Crippen molar-refractivity contribution in [1.82, 2.24) is 29.8 Å². The number of hydrogen-bond acceptors (Lipinski definition) is 7. The number of nitrogens with two attached hydrogens (primary N) is 1. The van der Waals surface area contributed by atoms with Crippen LogP contribution in [0, 0.1) is 13.8 Å². The van der Waals surface area contributed by atoms with Crippen LogP contribution in [-0.4, -0.2) is 84.7 Å². The quantitative estimate of drug-likeness (QED) is 0.361. The van der Waals surface area contributed by atoms with E-state index in [0.29, 0.717) is 11.0 Å². The van der Waals surface area contributed by atoms with Crippen molar-refractivity contribution in [3.8, 4) is 11.3 Å². The van der Waals surface area contributed by atoms with Crippen molar-refractivity contribution in [3.63, 3.8) is 0 Å². The summed E-state index contributed by atoms with van der Waals surface area (Å²) >= 11 is 0. The molecule has 3 aromatic rings. The first kappa shape index (κ1) is 32.7. The van der Waals surface area contributed by atoms with Gasteiger partial charge in [-0.1, -0.05) is 0 Å². The van der Waals surface area contributed by atoms with E-state index in [2.05, 4.69) is 20.4 Å². The maximum absolute atomic E-state index is 14.7. The fraction of sp³-hybridized carbons (Fsp3) is 0.458. The van der Waals surface area contributed by atoms with Crippen LogP contribution in [0.1, 0.15) is 33.7 Å². The fourth-order valence-corrected chi connectivity index (χ4v) is 4.73. The summed E-state index contributed by atoms with van der Waals surface area (Å²) in [5.41, 5.74) is -1.82. The van der Waals surface area contributed by atoms with Gasteiger partial charge in [-0.3, -0.25) is 14.6 Å². The predicted molar refractivity (Wildman–Crippen MR) is 130 cm³/mol. The summed E-state index contributed by atoms with van der Waals surface area (Å²) in [5, 5.41) is 15.3. The Hall–Kier alpha value is -4.23. The van der Waals surface area contributed by atoms with Gasteiger partial charge >= 0.3 is 18.5 Å².